The van der Waals surface area contributed by atoms with Crippen molar-refractivity contribution in [1.82, 2.24) is 5.32 Å². The standard InChI is InChI=1S/C9H19NOS.CH3NOS.Cu/c1-3-5-7-8(6-4-2)10-9(11)12;2-1(3)4;/h8H,3-7H2,1-2H3,(H2,10,11,12);(H3,2,3,4);/q;;+2/p-2. The van der Waals surface area contributed by atoms with Crippen LogP contribution in [0.4, 0.5) is 0 Å². The third-order valence-corrected chi connectivity index (χ3v) is 1.98. The first kappa shape index (κ1) is 22.1. The molecule has 0 aromatic carbocycles. The molecule has 0 aromatic rings. The van der Waals surface area contributed by atoms with Gasteiger partial charge in [-0.25, -0.2) is 0 Å². The van der Waals surface area contributed by atoms with Crippen LogP contribution in [0.15, 0.2) is 0 Å². The molecular weight excluding hydrogens is 308 g/mol. The van der Waals surface area contributed by atoms with Crippen molar-refractivity contribution in [2.24, 2.45) is 5.73 Å². The van der Waals surface area contributed by atoms with Crippen LogP contribution in [-0.2, 0) is 17.1 Å². The van der Waals surface area contributed by atoms with Gasteiger partial charge >= 0.3 is 17.1 Å². The minimum absolute atomic E-state index is 0. The Morgan fingerprint density at radius 2 is 1.65 bits per heavy atom. The molecule has 4 nitrogen and oxygen atoms in total. The summed E-state index contributed by atoms with van der Waals surface area (Å²) in [7, 11) is 0. The van der Waals surface area contributed by atoms with Crippen LogP contribution in [0.1, 0.15) is 46.0 Å². The van der Waals surface area contributed by atoms with Crippen molar-refractivity contribution in [3.8, 4) is 0 Å². The zero-order valence-electron chi connectivity index (χ0n) is 10.1. The molecule has 0 aliphatic carbocycles. The summed E-state index contributed by atoms with van der Waals surface area (Å²) >= 11 is 8.23. The second-order valence-corrected chi connectivity index (χ2v) is 4.15. The fourth-order valence-corrected chi connectivity index (χ4v) is 1.42. The zero-order chi connectivity index (χ0) is 13.0. The van der Waals surface area contributed by atoms with E-state index in [2.05, 4.69) is 49.3 Å². The first-order valence-electron chi connectivity index (χ1n) is 5.37. The van der Waals surface area contributed by atoms with E-state index in [1.165, 1.54) is 12.8 Å². The normalized spacial score (nSPS) is 10.2. The number of hydrogen-bond donors (Lipinski definition) is 2. The van der Waals surface area contributed by atoms with Crippen LogP contribution in [0.25, 0.3) is 0 Å². The topological polar surface area (TPSA) is 84.2 Å². The number of hydrogen-bond acceptors (Lipinski definition) is 4. The Kier molecular flexibility index (Phi) is 20.7. The van der Waals surface area contributed by atoms with Crippen molar-refractivity contribution in [1.29, 1.82) is 0 Å². The monoisotopic (exact) mass is 327 g/mol. The van der Waals surface area contributed by atoms with E-state index >= 15 is 0 Å². The molecule has 1 radical (unpaired) electrons. The Morgan fingerprint density at radius 3 is 1.94 bits per heavy atom. The van der Waals surface area contributed by atoms with Gasteiger partial charge in [-0.1, -0.05) is 57.5 Å². The number of rotatable bonds is 6. The van der Waals surface area contributed by atoms with Crippen LogP contribution in [-0.4, -0.2) is 16.4 Å². The summed E-state index contributed by atoms with van der Waals surface area (Å²) in [6, 6.07) is 0.306. The van der Waals surface area contributed by atoms with Gasteiger partial charge in [0.2, 0.25) is 0 Å². The molecule has 3 N–H and O–H groups in total. The van der Waals surface area contributed by atoms with Crippen LogP contribution in [0.2, 0.25) is 0 Å². The SMILES string of the molecule is CCCCC(CCC)NC([O-])=S.NC([O-])=S.[Cu+2]. The molecule has 1 atom stereocenters. The van der Waals surface area contributed by atoms with Gasteiger partial charge in [0.15, 0.2) is 0 Å². The van der Waals surface area contributed by atoms with Crippen LogP contribution in [0.3, 0.4) is 0 Å². The summed E-state index contributed by atoms with van der Waals surface area (Å²) < 4.78 is 0. The quantitative estimate of drug-likeness (QED) is 0.534. The molecule has 0 fully saturated rings. The van der Waals surface area contributed by atoms with Gasteiger partial charge in [-0.15, -0.1) is 0 Å². The third-order valence-electron chi connectivity index (χ3n) is 1.87. The molecule has 0 aromatic heterocycles. The van der Waals surface area contributed by atoms with E-state index in [0.717, 1.165) is 19.3 Å². The third kappa shape index (κ3) is 25.9. The summed E-state index contributed by atoms with van der Waals surface area (Å²) in [4.78, 5) is 0. The summed E-state index contributed by atoms with van der Waals surface area (Å²) in [6.07, 6.45) is 5.55. The number of unbranched alkanes of at least 4 members (excludes halogenated alkanes) is 1. The maximum Gasteiger partial charge on any atom is 2.00 e. The smallest absolute Gasteiger partial charge is 0.852 e. The molecule has 0 amide bonds. The van der Waals surface area contributed by atoms with Crippen molar-refractivity contribution in [3.05, 3.63) is 0 Å². The Balaban J connectivity index is -0.000000340. The van der Waals surface area contributed by atoms with E-state index in [1.54, 1.807) is 0 Å². The Hall–Kier alpha value is -0.101. The van der Waals surface area contributed by atoms with Gasteiger partial charge in [0.25, 0.3) is 0 Å². The molecule has 0 spiro atoms. The summed E-state index contributed by atoms with van der Waals surface area (Å²) in [6.45, 7) is 4.27. The molecule has 105 valence electrons. The van der Waals surface area contributed by atoms with Crippen molar-refractivity contribution < 1.29 is 27.3 Å². The molecule has 0 aliphatic heterocycles. The van der Waals surface area contributed by atoms with Gasteiger partial charge in [0.1, 0.15) is 0 Å². The van der Waals surface area contributed by atoms with Crippen LogP contribution < -0.4 is 21.3 Å². The van der Waals surface area contributed by atoms with Gasteiger partial charge in [0.05, 0.1) is 0 Å². The van der Waals surface area contributed by atoms with E-state index in [-0.39, 0.29) is 22.2 Å². The van der Waals surface area contributed by atoms with E-state index in [0.29, 0.717) is 6.04 Å². The molecule has 17 heavy (non-hydrogen) atoms. The molecule has 0 rings (SSSR count). The van der Waals surface area contributed by atoms with Crippen molar-refractivity contribution in [3.63, 3.8) is 0 Å². The second-order valence-electron chi connectivity index (χ2n) is 3.38. The molecule has 0 saturated carbocycles. The summed E-state index contributed by atoms with van der Waals surface area (Å²) in [5.74, 6) is 0. The van der Waals surface area contributed by atoms with Crippen molar-refractivity contribution in [2.45, 2.75) is 52.0 Å². The van der Waals surface area contributed by atoms with Gasteiger partial charge in [-0.05, 0) is 12.8 Å². The Labute approximate surface area is 125 Å². The van der Waals surface area contributed by atoms with Gasteiger partial charge in [-0.2, -0.15) is 0 Å². The molecular formula is C10H20CuN2O2S2. The number of nitrogens with one attached hydrogen (secondary N) is 1. The molecule has 0 aliphatic rings. The van der Waals surface area contributed by atoms with E-state index in [9.17, 15) is 5.11 Å². The largest absolute Gasteiger partial charge is 2.00 e. The van der Waals surface area contributed by atoms with Gasteiger partial charge in [-0.3, -0.25) is 0 Å². The minimum atomic E-state index is -0.750. The predicted octanol–water partition coefficient (Wildman–Crippen LogP) is 0.168. The Morgan fingerprint density at radius 1 is 1.18 bits per heavy atom. The Bertz CT molecular complexity index is 203. The molecule has 1 unspecified atom stereocenters. The van der Waals surface area contributed by atoms with Crippen LogP contribution in [0.5, 0.6) is 0 Å². The number of nitrogens with two attached hydrogens (primary N) is 1. The van der Waals surface area contributed by atoms with Crippen molar-refractivity contribution >= 4 is 34.8 Å². The van der Waals surface area contributed by atoms with E-state index < -0.39 is 5.17 Å². The summed E-state index contributed by atoms with van der Waals surface area (Å²) in [5, 5.41) is 21.4. The zero-order valence-corrected chi connectivity index (χ0v) is 12.7. The molecule has 7 heteroatoms. The van der Waals surface area contributed by atoms with Crippen LogP contribution >= 0.6 is 24.4 Å². The van der Waals surface area contributed by atoms with Crippen molar-refractivity contribution in [2.75, 3.05) is 0 Å². The average Bonchev–Trinajstić information content (AvgIpc) is 2.12. The minimum Gasteiger partial charge on any atom is -0.852 e. The summed E-state index contributed by atoms with van der Waals surface area (Å²) in [5.41, 5.74) is 4.29. The van der Waals surface area contributed by atoms with Crippen LogP contribution in [0, 0.1) is 0 Å². The maximum absolute atomic E-state index is 10.6. The molecule has 0 heterocycles. The van der Waals surface area contributed by atoms with E-state index in [4.69, 9.17) is 5.11 Å². The fraction of sp³-hybridized carbons (Fsp3) is 0.800. The fourth-order valence-electron chi connectivity index (χ4n) is 1.25. The van der Waals surface area contributed by atoms with Gasteiger partial charge < -0.3 is 21.3 Å². The predicted molar refractivity (Wildman–Crippen MR) is 70.7 cm³/mol. The molecule has 0 saturated heterocycles. The maximum atomic E-state index is 10.6. The first-order chi connectivity index (χ1) is 7.43. The van der Waals surface area contributed by atoms with E-state index in [1.807, 2.05) is 0 Å². The average molecular weight is 328 g/mol. The molecule has 0 bridgehead atoms. The number of thiocarbonyl (C=S) groups is 2. The second kappa shape index (κ2) is 15.9. The first-order valence-corrected chi connectivity index (χ1v) is 6.19. The van der Waals surface area contributed by atoms with Gasteiger partial charge in [0, 0.05) is 16.4 Å².